The van der Waals surface area contributed by atoms with Crippen molar-refractivity contribution in [2.75, 3.05) is 19.6 Å². The summed E-state index contributed by atoms with van der Waals surface area (Å²) in [6, 6.07) is 0.367. The molecule has 17 heavy (non-hydrogen) atoms. The first-order valence-corrected chi connectivity index (χ1v) is 6.60. The van der Waals surface area contributed by atoms with Crippen LogP contribution in [0.15, 0.2) is 24.3 Å². The van der Waals surface area contributed by atoms with Crippen molar-refractivity contribution in [3.63, 3.8) is 0 Å². The largest absolute Gasteiger partial charge is 0.335 e. The lowest BCUT2D eigenvalue weighted by atomic mass is 10.1. The van der Waals surface area contributed by atoms with Gasteiger partial charge < -0.3 is 10.2 Å². The van der Waals surface area contributed by atoms with Crippen LogP contribution in [0.3, 0.4) is 0 Å². The van der Waals surface area contributed by atoms with Crippen LogP contribution in [0.25, 0.3) is 0 Å². The van der Waals surface area contributed by atoms with Gasteiger partial charge in [0.05, 0.1) is 0 Å². The van der Waals surface area contributed by atoms with E-state index in [4.69, 9.17) is 0 Å². The summed E-state index contributed by atoms with van der Waals surface area (Å²) in [5.41, 5.74) is 0. The molecule has 1 fully saturated rings. The molecular weight excluding hydrogens is 212 g/mol. The lowest BCUT2D eigenvalue weighted by molar-refractivity contribution is -0.128. The van der Waals surface area contributed by atoms with Gasteiger partial charge in [0.1, 0.15) is 0 Å². The number of allylic oxidation sites excluding steroid dienone is 3. The van der Waals surface area contributed by atoms with Gasteiger partial charge in [0.25, 0.3) is 0 Å². The average Bonchev–Trinajstić information content (AvgIpc) is 2.37. The maximum Gasteiger partial charge on any atom is 0.246 e. The molecule has 1 N–H and O–H groups in total. The number of amides is 1. The number of nitrogens with zero attached hydrogens (tertiary/aromatic N) is 1. The minimum Gasteiger partial charge on any atom is -0.335 e. The zero-order valence-corrected chi connectivity index (χ0v) is 11.0. The zero-order chi connectivity index (χ0) is 12.5. The quantitative estimate of drug-likeness (QED) is 0.586. The number of nitrogens with one attached hydrogen (secondary N) is 1. The molecule has 0 aromatic heterocycles. The summed E-state index contributed by atoms with van der Waals surface area (Å²) in [4.78, 5) is 14.1. The molecule has 0 spiro atoms. The monoisotopic (exact) mass is 236 g/mol. The number of carbonyl (C=O) groups excluding carboxylic acids is 1. The Hall–Kier alpha value is -1.09. The maximum absolute atomic E-state index is 12.1. The fourth-order valence-electron chi connectivity index (χ4n) is 2.16. The van der Waals surface area contributed by atoms with E-state index in [1.165, 1.54) is 0 Å². The highest BCUT2D eigenvalue weighted by Gasteiger charge is 2.22. The SMILES string of the molecule is C/C=C/C=C/C(=O)N(CCC)C1CCCNC1. The molecule has 1 rings (SSSR count). The number of piperidine rings is 1. The highest BCUT2D eigenvalue weighted by atomic mass is 16.2. The molecule has 3 heteroatoms. The summed E-state index contributed by atoms with van der Waals surface area (Å²) in [6.07, 6.45) is 10.6. The van der Waals surface area contributed by atoms with E-state index in [0.717, 1.165) is 38.9 Å². The summed E-state index contributed by atoms with van der Waals surface area (Å²) in [5.74, 6) is 0.138. The highest BCUT2D eigenvalue weighted by molar-refractivity contribution is 5.88. The van der Waals surface area contributed by atoms with E-state index >= 15 is 0 Å². The van der Waals surface area contributed by atoms with E-state index in [2.05, 4.69) is 12.2 Å². The summed E-state index contributed by atoms with van der Waals surface area (Å²) >= 11 is 0. The lowest BCUT2D eigenvalue weighted by Gasteiger charge is -2.34. The third-order valence-electron chi connectivity index (χ3n) is 3.00. The molecule has 1 saturated heterocycles. The van der Waals surface area contributed by atoms with E-state index < -0.39 is 0 Å². The van der Waals surface area contributed by atoms with Crippen molar-refractivity contribution in [1.82, 2.24) is 10.2 Å². The Morgan fingerprint density at radius 2 is 2.29 bits per heavy atom. The third-order valence-corrected chi connectivity index (χ3v) is 3.00. The van der Waals surface area contributed by atoms with Crippen LogP contribution in [-0.4, -0.2) is 36.5 Å². The fourth-order valence-corrected chi connectivity index (χ4v) is 2.16. The van der Waals surface area contributed by atoms with E-state index in [-0.39, 0.29) is 5.91 Å². The fraction of sp³-hybridized carbons (Fsp3) is 0.643. The van der Waals surface area contributed by atoms with Crippen molar-refractivity contribution in [3.8, 4) is 0 Å². The van der Waals surface area contributed by atoms with Crippen LogP contribution in [0.2, 0.25) is 0 Å². The summed E-state index contributed by atoms with van der Waals surface area (Å²) in [6.45, 7) is 6.93. The van der Waals surface area contributed by atoms with Gasteiger partial charge in [-0.05, 0) is 32.7 Å². The third kappa shape index (κ3) is 4.73. The molecule has 3 nitrogen and oxygen atoms in total. The van der Waals surface area contributed by atoms with Crippen LogP contribution >= 0.6 is 0 Å². The van der Waals surface area contributed by atoms with E-state index in [1.807, 2.05) is 30.1 Å². The Bertz CT molecular complexity index is 278. The highest BCUT2D eigenvalue weighted by Crippen LogP contribution is 2.11. The van der Waals surface area contributed by atoms with Gasteiger partial charge in [0.2, 0.25) is 5.91 Å². The minimum atomic E-state index is 0.138. The summed E-state index contributed by atoms with van der Waals surface area (Å²) in [7, 11) is 0. The molecule has 0 aromatic carbocycles. The molecule has 0 aliphatic carbocycles. The van der Waals surface area contributed by atoms with Crippen LogP contribution < -0.4 is 5.32 Å². The second kappa shape index (κ2) is 8.07. The molecule has 0 aromatic rings. The standard InChI is InChI=1S/C14H24N2O/c1-3-5-6-9-14(17)16(11-4-2)13-8-7-10-15-12-13/h3,5-6,9,13,15H,4,7-8,10-12H2,1-2H3/b5-3+,9-6+. The molecule has 1 aliphatic rings. The first-order valence-electron chi connectivity index (χ1n) is 6.60. The van der Waals surface area contributed by atoms with Crippen molar-refractivity contribution in [2.45, 2.75) is 39.2 Å². The molecule has 0 radical (unpaired) electrons. The predicted octanol–water partition coefficient (Wildman–Crippen LogP) is 2.11. The minimum absolute atomic E-state index is 0.138. The number of hydrogen-bond donors (Lipinski definition) is 1. The number of rotatable bonds is 5. The van der Waals surface area contributed by atoms with Crippen molar-refractivity contribution < 1.29 is 4.79 Å². The van der Waals surface area contributed by atoms with Crippen LogP contribution in [0.1, 0.15) is 33.1 Å². The zero-order valence-electron chi connectivity index (χ0n) is 11.0. The van der Waals surface area contributed by atoms with Crippen LogP contribution in [-0.2, 0) is 4.79 Å². The van der Waals surface area contributed by atoms with E-state index in [9.17, 15) is 4.79 Å². The summed E-state index contributed by atoms with van der Waals surface area (Å²) < 4.78 is 0. The van der Waals surface area contributed by atoms with Gasteiger partial charge in [-0.2, -0.15) is 0 Å². The van der Waals surface area contributed by atoms with Crippen LogP contribution in [0.5, 0.6) is 0 Å². The first kappa shape index (κ1) is 14.0. The summed E-state index contributed by atoms with van der Waals surface area (Å²) in [5, 5.41) is 3.36. The molecular formula is C14H24N2O. The van der Waals surface area contributed by atoms with Gasteiger partial charge in [-0.3, -0.25) is 4.79 Å². The topological polar surface area (TPSA) is 32.3 Å². The number of carbonyl (C=O) groups is 1. The maximum atomic E-state index is 12.1. The smallest absolute Gasteiger partial charge is 0.246 e. The molecule has 0 bridgehead atoms. The van der Waals surface area contributed by atoms with Gasteiger partial charge in [-0.25, -0.2) is 0 Å². The van der Waals surface area contributed by atoms with Crippen molar-refractivity contribution in [3.05, 3.63) is 24.3 Å². The Kier molecular flexibility index (Phi) is 6.63. The van der Waals surface area contributed by atoms with Gasteiger partial charge >= 0.3 is 0 Å². The lowest BCUT2D eigenvalue weighted by Crippen LogP contribution is -2.48. The predicted molar refractivity (Wildman–Crippen MR) is 71.8 cm³/mol. The van der Waals surface area contributed by atoms with Gasteiger partial charge in [0, 0.05) is 25.2 Å². The average molecular weight is 236 g/mol. The molecule has 96 valence electrons. The van der Waals surface area contributed by atoms with Gasteiger partial charge in [-0.1, -0.05) is 25.2 Å². The molecule has 0 saturated carbocycles. The Morgan fingerprint density at radius 1 is 1.47 bits per heavy atom. The normalized spacial score (nSPS) is 21.2. The Morgan fingerprint density at radius 3 is 2.88 bits per heavy atom. The van der Waals surface area contributed by atoms with Crippen molar-refractivity contribution in [1.29, 1.82) is 0 Å². The van der Waals surface area contributed by atoms with Crippen LogP contribution in [0, 0.1) is 0 Å². The van der Waals surface area contributed by atoms with E-state index in [1.54, 1.807) is 6.08 Å². The first-order chi connectivity index (χ1) is 8.29. The molecule has 1 heterocycles. The molecule has 1 amide bonds. The molecule has 1 atom stereocenters. The molecule has 1 aliphatic heterocycles. The Balaban J connectivity index is 2.59. The number of hydrogen-bond acceptors (Lipinski definition) is 2. The van der Waals surface area contributed by atoms with Crippen molar-refractivity contribution in [2.24, 2.45) is 0 Å². The van der Waals surface area contributed by atoms with Gasteiger partial charge in [-0.15, -0.1) is 0 Å². The van der Waals surface area contributed by atoms with Gasteiger partial charge in [0.15, 0.2) is 0 Å². The van der Waals surface area contributed by atoms with Crippen molar-refractivity contribution >= 4 is 5.91 Å². The second-order valence-electron chi connectivity index (χ2n) is 4.42. The molecule has 1 unspecified atom stereocenters. The second-order valence-corrected chi connectivity index (χ2v) is 4.42. The van der Waals surface area contributed by atoms with E-state index in [0.29, 0.717) is 6.04 Å². The van der Waals surface area contributed by atoms with Crippen LogP contribution in [0.4, 0.5) is 0 Å². The Labute approximate surface area is 105 Å².